The summed E-state index contributed by atoms with van der Waals surface area (Å²) in [6, 6.07) is 9.78. The topological polar surface area (TPSA) is 45.9 Å². The Morgan fingerprint density at radius 1 is 1.33 bits per heavy atom. The molecule has 15 heavy (non-hydrogen) atoms. The summed E-state index contributed by atoms with van der Waals surface area (Å²) >= 11 is 0. The zero-order valence-corrected chi connectivity index (χ0v) is 8.61. The molecule has 0 unspecified atom stereocenters. The number of methoxy groups -OCH3 is 1. The van der Waals surface area contributed by atoms with E-state index in [4.69, 9.17) is 10.00 Å². The molecule has 0 saturated heterocycles. The van der Waals surface area contributed by atoms with E-state index in [-0.39, 0.29) is 0 Å². The van der Waals surface area contributed by atoms with E-state index in [0.717, 1.165) is 16.5 Å². The molecule has 0 bridgehead atoms. The number of aromatic nitrogens is 1. The third-order valence-electron chi connectivity index (χ3n) is 2.25. The molecule has 3 heteroatoms. The Kier molecular flexibility index (Phi) is 2.26. The summed E-state index contributed by atoms with van der Waals surface area (Å²) in [4.78, 5) is 4.28. The first-order valence-corrected chi connectivity index (χ1v) is 4.60. The van der Waals surface area contributed by atoms with E-state index in [1.807, 2.05) is 25.1 Å². The summed E-state index contributed by atoms with van der Waals surface area (Å²) in [6.07, 6.45) is 0. The van der Waals surface area contributed by atoms with Crippen molar-refractivity contribution in [2.45, 2.75) is 6.92 Å². The number of benzene rings is 1. The maximum atomic E-state index is 8.89. The lowest BCUT2D eigenvalue weighted by molar-refractivity contribution is 0.398. The highest BCUT2D eigenvalue weighted by Gasteiger charge is 2.06. The number of ether oxygens (including phenoxy) is 1. The molecule has 0 radical (unpaired) electrons. The number of nitriles is 1. The summed E-state index contributed by atoms with van der Waals surface area (Å²) in [7, 11) is 1.52. The van der Waals surface area contributed by atoms with Crippen LogP contribution < -0.4 is 4.74 Å². The highest BCUT2D eigenvalue weighted by atomic mass is 16.5. The van der Waals surface area contributed by atoms with Crippen molar-refractivity contribution in [3.05, 3.63) is 35.4 Å². The van der Waals surface area contributed by atoms with Gasteiger partial charge in [0.1, 0.15) is 11.6 Å². The molecule has 0 amide bonds. The van der Waals surface area contributed by atoms with Gasteiger partial charge in [-0.15, -0.1) is 0 Å². The van der Waals surface area contributed by atoms with Crippen molar-refractivity contribution in [1.82, 2.24) is 4.98 Å². The molecule has 1 aromatic carbocycles. The molecule has 0 aliphatic carbocycles. The zero-order valence-electron chi connectivity index (χ0n) is 8.61. The van der Waals surface area contributed by atoms with Crippen LogP contribution in [-0.4, -0.2) is 12.1 Å². The predicted molar refractivity (Wildman–Crippen MR) is 57.7 cm³/mol. The van der Waals surface area contributed by atoms with Crippen molar-refractivity contribution in [3.63, 3.8) is 0 Å². The van der Waals surface area contributed by atoms with Crippen LogP contribution in [0.1, 0.15) is 11.1 Å². The van der Waals surface area contributed by atoms with Crippen LogP contribution in [0.15, 0.2) is 24.3 Å². The minimum atomic E-state index is 0.385. The molecule has 74 valence electrons. The molecular weight excluding hydrogens is 188 g/mol. The van der Waals surface area contributed by atoms with Gasteiger partial charge >= 0.3 is 0 Å². The smallest absolute Gasteiger partial charge is 0.231 e. The van der Waals surface area contributed by atoms with Gasteiger partial charge in [-0.2, -0.15) is 5.26 Å². The third kappa shape index (κ3) is 1.62. The van der Waals surface area contributed by atoms with E-state index < -0.39 is 0 Å². The van der Waals surface area contributed by atoms with Crippen molar-refractivity contribution in [2.24, 2.45) is 0 Å². The summed E-state index contributed by atoms with van der Waals surface area (Å²) in [6.45, 7) is 2.01. The van der Waals surface area contributed by atoms with Crippen molar-refractivity contribution < 1.29 is 4.74 Å². The third-order valence-corrected chi connectivity index (χ3v) is 2.25. The number of rotatable bonds is 1. The second-order valence-corrected chi connectivity index (χ2v) is 3.35. The number of pyridine rings is 1. The molecule has 0 saturated carbocycles. The maximum absolute atomic E-state index is 8.89. The first-order chi connectivity index (χ1) is 7.24. The van der Waals surface area contributed by atoms with Crippen molar-refractivity contribution in [2.75, 3.05) is 7.11 Å². The lowest BCUT2D eigenvalue weighted by Crippen LogP contribution is -1.92. The molecule has 0 spiro atoms. The van der Waals surface area contributed by atoms with Crippen LogP contribution in [0.3, 0.4) is 0 Å². The number of hydrogen-bond donors (Lipinski definition) is 0. The van der Waals surface area contributed by atoms with Crippen molar-refractivity contribution in [3.8, 4) is 11.9 Å². The Bertz CT molecular complexity index is 555. The summed E-state index contributed by atoms with van der Waals surface area (Å²) in [5.74, 6) is 0.385. The van der Waals surface area contributed by atoms with E-state index >= 15 is 0 Å². The van der Waals surface area contributed by atoms with Gasteiger partial charge in [-0.25, -0.2) is 4.98 Å². The number of fused-ring (bicyclic) bond motifs is 1. The van der Waals surface area contributed by atoms with Gasteiger partial charge in [-0.05, 0) is 24.6 Å². The van der Waals surface area contributed by atoms with Crippen LogP contribution in [-0.2, 0) is 0 Å². The number of aryl methyl sites for hydroxylation is 1. The molecule has 1 aromatic heterocycles. The fourth-order valence-electron chi connectivity index (χ4n) is 1.50. The van der Waals surface area contributed by atoms with Gasteiger partial charge < -0.3 is 4.74 Å². The second-order valence-electron chi connectivity index (χ2n) is 3.35. The van der Waals surface area contributed by atoms with Gasteiger partial charge in [0.15, 0.2) is 0 Å². The lowest BCUT2D eigenvalue weighted by atomic mass is 10.1. The van der Waals surface area contributed by atoms with Crippen LogP contribution >= 0.6 is 0 Å². The highest BCUT2D eigenvalue weighted by Crippen LogP contribution is 2.21. The van der Waals surface area contributed by atoms with Gasteiger partial charge in [0, 0.05) is 5.39 Å². The summed E-state index contributed by atoms with van der Waals surface area (Å²) in [5, 5.41) is 9.85. The summed E-state index contributed by atoms with van der Waals surface area (Å²) < 4.78 is 5.05. The minimum Gasteiger partial charge on any atom is -0.480 e. The first-order valence-electron chi connectivity index (χ1n) is 4.60. The van der Waals surface area contributed by atoms with Gasteiger partial charge in [-0.3, -0.25) is 0 Å². The second kappa shape index (κ2) is 3.58. The SMILES string of the molecule is COc1nc2cc(C)ccc2cc1C#N. The molecule has 0 N–H and O–H groups in total. The highest BCUT2D eigenvalue weighted by molar-refractivity contribution is 5.81. The Hall–Kier alpha value is -2.08. The van der Waals surface area contributed by atoms with Gasteiger partial charge in [0.25, 0.3) is 0 Å². The van der Waals surface area contributed by atoms with E-state index in [0.29, 0.717) is 11.4 Å². The first kappa shape index (κ1) is 9.47. The fourth-order valence-corrected chi connectivity index (χ4v) is 1.50. The van der Waals surface area contributed by atoms with Gasteiger partial charge in [0.05, 0.1) is 12.6 Å². The molecule has 0 aliphatic heterocycles. The summed E-state index contributed by atoms with van der Waals surface area (Å²) in [5.41, 5.74) is 2.46. The van der Waals surface area contributed by atoms with Crippen LogP contribution in [0.4, 0.5) is 0 Å². The van der Waals surface area contributed by atoms with Gasteiger partial charge in [-0.1, -0.05) is 12.1 Å². The van der Waals surface area contributed by atoms with E-state index in [9.17, 15) is 0 Å². The molecule has 2 rings (SSSR count). The van der Waals surface area contributed by atoms with Crippen LogP contribution in [0.5, 0.6) is 5.88 Å². The van der Waals surface area contributed by atoms with E-state index in [1.54, 1.807) is 6.07 Å². The molecular formula is C12H10N2O. The Morgan fingerprint density at radius 3 is 2.80 bits per heavy atom. The molecule has 3 nitrogen and oxygen atoms in total. The number of hydrogen-bond acceptors (Lipinski definition) is 3. The van der Waals surface area contributed by atoms with Crippen LogP contribution in [0.25, 0.3) is 10.9 Å². The normalized spacial score (nSPS) is 9.93. The minimum absolute atomic E-state index is 0.385. The number of nitrogens with zero attached hydrogens (tertiary/aromatic N) is 2. The predicted octanol–water partition coefficient (Wildman–Crippen LogP) is 2.42. The largest absolute Gasteiger partial charge is 0.480 e. The van der Waals surface area contributed by atoms with Crippen molar-refractivity contribution in [1.29, 1.82) is 5.26 Å². The standard InChI is InChI=1S/C12H10N2O/c1-8-3-4-9-6-10(7-13)12(15-2)14-11(9)5-8/h3-6H,1-2H3. The van der Waals surface area contributed by atoms with Gasteiger partial charge in [0.2, 0.25) is 5.88 Å². The molecule has 2 aromatic rings. The molecule has 0 atom stereocenters. The van der Waals surface area contributed by atoms with E-state index in [1.165, 1.54) is 7.11 Å². The quantitative estimate of drug-likeness (QED) is 0.706. The molecule has 1 heterocycles. The average Bonchev–Trinajstić information content (AvgIpc) is 2.27. The Labute approximate surface area is 87.9 Å². The fraction of sp³-hybridized carbons (Fsp3) is 0.167. The Morgan fingerprint density at radius 2 is 2.13 bits per heavy atom. The Balaban J connectivity index is 2.77. The monoisotopic (exact) mass is 198 g/mol. The van der Waals surface area contributed by atoms with E-state index in [2.05, 4.69) is 11.1 Å². The maximum Gasteiger partial charge on any atom is 0.231 e. The van der Waals surface area contributed by atoms with Crippen LogP contribution in [0, 0.1) is 18.3 Å². The molecule has 0 fully saturated rings. The van der Waals surface area contributed by atoms with Crippen molar-refractivity contribution >= 4 is 10.9 Å². The molecule has 0 aliphatic rings. The lowest BCUT2D eigenvalue weighted by Gasteiger charge is -2.04. The van der Waals surface area contributed by atoms with Crippen LogP contribution in [0.2, 0.25) is 0 Å². The zero-order chi connectivity index (χ0) is 10.8. The average molecular weight is 198 g/mol.